The van der Waals surface area contributed by atoms with Crippen LogP contribution in [0.3, 0.4) is 0 Å². The number of aromatic nitrogens is 2. The summed E-state index contributed by atoms with van der Waals surface area (Å²) in [5, 5.41) is 8.36. The molecule has 0 atom stereocenters. The van der Waals surface area contributed by atoms with Gasteiger partial charge in [0.2, 0.25) is 0 Å². The van der Waals surface area contributed by atoms with Crippen molar-refractivity contribution in [2.24, 2.45) is 5.92 Å². The first-order chi connectivity index (χ1) is 9.79. The van der Waals surface area contributed by atoms with Crippen molar-refractivity contribution in [2.75, 3.05) is 13.1 Å². The van der Waals surface area contributed by atoms with Crippen molar-refractivity contribution < 1.29 is 8.94 Å². The Balaban J connectivity index is 1.66. The Morgan fingerprint density at radius 3 is 3.00 bits per heavy atom. The summed E-state index contributed by atoms with van der Waals surface area (Å²) in [4.78, 5) is 4.43. The Bertz CT molecular complexity index is 755. The van der Waals surface area contributed by atoms with Crippen LogP contribution < -0.4 is 5.32 Å². The lowest BCUT2D eigenvalue weighted by molar-refractivity contribution is 0.333. The number of benzene rings is 1. The number of nitrogens with one attached hydrogen (secondary N) is 1. The molecule has 4 rings (SSSR count). The van der Waals surface area contributed by atoms with Crippen molar-refractivity contribution in [1.29, 1.82) is 0 Å². The van der Waals surface area contributed by atoms with Gasteiger partial charge in [0, 0.05) is 11.8 Å². The second kappa shape index (κ2) is 4.45. The maximum atomic E-state index is 5.78. The zero-order chi connectivity index (χ0) is 13.5. The van der Waals surface area contributed by atoms with Crippen LogP contribution in [0.5, 0.6) is 0 Å². The van der Waals surface area contributed by atoms with E-state index in [1.54, 1.807) is 0 Å². The van der Waals surface area contributed by atoms with E-state index in [0.717, 1.165) is 36.3 Å². The molecule has 0 saturated carbocycles. The third-order valence-electron chi connectivity index (χ3n) is 3.80. The van der Waals surface area contributed by atoms with Gasteiger partial charge in [0.15, 0.2) is 11.6 Å². The van der Waals surface area contributed by atoms with Crippen molar-refractivity contribution in [2.45, 2.75) is 13.3 Å². The third-order valence-corrected chi connectivity index (χ3v) is 3.80. The minimum atomic E-state index is 0.461. The van der Waals surface area contributed by atoms with Crippen molar-refractivity contribution in [3.63, 3.8) is 0 Å². The number of aryl methyl sites for hydroxylation is 1. The SMILES string of the molecule is Cc1cccc2oc(-c3nc(CC4CNC4)no3)cc12. The minimum Gasteiger partial charge on any atom is -0.451 e. The van der Waals surface area contributed by atoms with E-state index < -0.39 is 0 Å². The fourth-order valence-electron chi connectivity index (χ4n) is 2.50. The number of hydrogen-bond acceptors (Lipinski definition) is 5. The lowest BCUT2D eigenvalue weighted by Gasteiger charge is -2.25. The molecule has 2 aromatic heterocycles. The van der Waals surface area contributed by atoms with Crippen LogP contribution in [0.15, 0.2) is 33.2 Å². The summed E-state index contributed by atoms with van der Waals surface area (Å²) in [5.74, 6) is 2.48. The van der Waals surface area contributed by atoms with Gasteiger partial charge in [-0.15, -0.1) is 0 Å². The van der Waals surface area contributed by atoms with Gasteiger partial charge >= 0.3 is 0 Å². The zero-order valence-corrected chi connectivity index (χ0v) is 11.2. The standard InChI is InChI=1S/C15H15N3O2/c1-9-3-2-4-12-11(9)6-13(19-12)15-17-14(18-20-15)5-10-7-16-8-10/h2-4,6,10,16H,5,7-8H2,1H3. The highest BCUT2D eigenvalue weighted by atomic mass is 16.5. The maximum absolute atomic E-state index is 5.78. The Morgan fingerprint density at radius 1 is 1.35 bits per heavy atom. The second-order valence-electron chi connectivity index (χ2n) is 5.34. The molecule has 1 aliphatic rings. The van der Waals surface area contributed by atoms with Gasteiger partial charge in [-0.25, -0.2) is 0 Å². The van der Waals surface area contributed by atoms with Crippen LogP contribution in [0, 0.1) is 12.8 Å². The summed E-state index contributed by atoms with van der Waals surface area (Å²) in [6.45, 7) is 4.13. The molecule has 0 bridgehead atoms. The summed E-state index contributed by atoms with van der Waals surface area (Å²) in [7, 11) is 0. The van der Waals surface area contributed by atoms with E-state index in [1.165, 1.54) is 5.56 Å². The average molecular weight is 269 g/mol. The predicted octanol–water partition coefficient (Wildman–Crippen LogP) is 2.55. The highest BCUT2D eigenvalue weighted by molar-refractivity contribution is 5.84. The van der Waals surface area contributed by atoms with Crippen molar-refractivity contribution >= 4 is 11.0 Å². The highest BCUT2D eigenvalue weighted by Gasteiger charge is 2.21. The summed E-state index contributed by atoms with van der Waals surface area (Å²) < 4.78 is 11.1. The third kappa shape index (κ3) is 1.91. The fourth-order valence-corrected chi connectivity index (χ4v) is 2.50. The van der Waals surface area contributed by atoms with Crippen molar-refractivity contribution in [3.8, 4) is 11.7 Å². The van der Waals surface area contributed by atoms with Crippen LogP contribution in [0.1, 0.15) is 11.4 Å². The summed E-state index contributed by atoms with van der Waals surface area (Å²) in [6, 6.07) is 7.95. The van der Waals surface area contributed by atoms with Crippen LogP contribution in [-0.2, 0) is 6.42 Å². The summed E-state index contributed by atoms with van der Waals surface area (Å²) >= 11 is 0. The van der Waals surface area contributed by atoms with Gasteiger partial charge in [0.1, 0.15) is 5.58 Å². The molecule has 1 saturated heterocycles. The number of hydrogen-bond donors (Lipinski definition) is 1. The molecular weight excluding hydrogens is 254 g/mol. The van der Waals surface area contributed by atoms with Gasteiger partial charge in [-0.1, -0.05) is 17.3 Å². The Morgan fingerprint density at radius 2 is 2.25 bits per heavy atom. The van der Waals surface area contributed by atoms with Crippen molar-refractivity contribution in [1.82, 2.24) is 15.5 Å². The molecule has 5 nitrogen and oxygen atoms in total. The van der Waals surface area contributed by atoms with E-state index in [1.807, 2.05) is 18.2 Å². The smallest absolute Gasteiger partial charge is 0.293 e. The van der Waals surface area contributed by atoms with E-state index in [0.29, 0.717) is 17.6 Å². The van der Waals surface area contributed by atoms with Gasteiger partial charge in [-0.2, -0.15) is 4.98 Å². The highest BCUT2D eigenvalue weighted by Crippen LogP contribution is 2.28. The van der Waals surface area contributed by atoms with Gasteiger partial charge in [-0.3, -0.25) is 0 Å². The molecule has 5 heteroatoms. The molecule has 20 heavy (non-hydrogen) atoms. The van der Waals surface area contributed by atoms with Crippen molar-refractivity contribution in [3.05, 3.63) is 35.7 Å². The van der Waals surface area contributed by atoms with Crippen LogP contribution in [0.25, 0.3) is 22.6 Å². The first kappa shape index (κ1) is 11.7. The fraction of sp³-hybridized carbons (Fsp3) is 0.333. The molecule has 0 unspecified atom stereocenters. The molecule has 1 aromatic carbocycles. The summed E-state index contributed by atoms with van der Waals surface area (Å²) in [6.07, 6.45) is 0.857. The van der Waals surface area contributed by atoms with Crippen LogP contribution in [0.2, 0.25) is 0 Å². The van der Waals surface area contributed by atoms with E-state index in [4.69, 9.17) is 8.94 Å². The van der Waals surface area contributed by atoms with Gasteiger partial charge in [0.25, 0.3) is 5.89 Å². The molecule has 3 aromatic rings. The molecule has 102 valence electrons. The average Bonchev–Trinajstić information content (AvgIpc) is 3.00. The predicted molar refractivity (Wildman–Crippen MR) is 74.3 cm³/mol. The van der Waals surface area contributed by atoms with Crippen LogP contribution >= 0.6 is 0 Å². The van der Waals surface area contributed by atoms with E-state index in [2.05, 4.69) is 28.4 Å². The van der Waals surface area contributed by atoms with Crippen LogP contribution in [0.4, 0.5) is 0 Å². The molecule has 0 amide bonds. The van der Waals surface area contributed by atoms with E-state index in [9.17, 15) is 0 Å². The molecule has 3 heterocycles. The molecule has 0 spiro atoms. The molecule has 0 aliphatic carbocycles. The second-order valence-corrected chi connectivity index (χ2v) is 5.34. The first-order valence-corrected chi connectivity index (χ1v) is 6.82. The molecule has 1 N–H and O–H groups in total. The lowest BCUT2D eigenvalue weighted by Crippen LogP contribution is -2.43. The Hall–Kier alpha value is -2.14. The molecule has 1 aliphatic heterocycles. The number of nitrogens with zero attached hydrogens (tertiary/aromatic N) is 2. The Labute approximate surface area is 116 Å². The minimum absolute atomic E-state index is 0.461. The largest absolute Gasteiger partial charge is 0.451 e. The maximum Gasteiger partial charge on any atom is 0.293 e. The molecular formula is C15H15N3O2. The van der Waals surface area contributed by atoms with Gasteiger partial charge in [0.05, 0.1) is 0 Å². The van der Waals surface area contributed by atoms with E-state index >= 15 is 0 Å². The zero-order valence-electron chi connectivity index (χ0n) is 11.2. The van der Waals surface area contributed by atoms with E-state index in [-0.39, 0.29) is 0 Å². The van der Waals surface area contributed by atoms with Crippen LogP contribution in [-0.4, -0.2) is 23.2 Å². The first-order valence-electron chi connectivity index (χ1n) is 6.82. The van der Waals surface area contributed by atoms with Gasteiger partial charge in [-0.05, 0) is 43.6 Å². The number of fused-ring (bicyclic) bond motifs is 1. The number of rotatable bonds is 3. The lowest BCUT2D eigenvalue weighted by atomic mass is 9.99. The van der Waals surface area contributed by atoms with Gasteiger partial charge < -0.3 is 14.3 Å². The molecule has 0 radical (unpaired) electrons. The summed E-state index contributed by atoms with van der Waals surface area (Å²) in [5.41, 5.74) is 2.03. The number of furan rings is 1. The molecule has 1 fully saturated rings. The quantitative estimate of drug-likeness (QED) is 0.791. The monoisotopic (exact) mass is 269 g/mol. The normalized spacial score (nSPS) is 15.7. The topological polar surface area (TPSA) is 64.1 Å². The Kier molecular flexibility index (Phi) is 2.60.